The first-order valence-corrected chi connectivity index (χ1v) is 6.13. The second-order valence-electron chi connectivity index (χ2n) is 4.23. The molecule has 1 aromatic rings. The molecule has 0 heterocycles. The lowest BCUT2D eigenvalue weighted by molar-refractivity contribution is -0.133. The van der Waals surface area contributed by atoms with Crippen molar-refractivity contribution in [3.8, 4) is 0 Å². The molecule has 2 amide bonds. The van der Waals surface area contributed by atoms with E-state index in [0.29, 0.717) is 6.54 Å². The summed E-state index contributed by atoms with van der Waals surface area (Å²) in [6.07, 6.45) is 0.849. The van der Waals surface area contributed by atoms with Crippen LogP contribution in [0.25, 0.3) is 0 Å². The molecule has 4 heteroatoms. The van der Waals surface area contributed by atoms with Crippen molar-refractivity contribution < 1.29 is 9.59 Å². The highest BCUT2D eigenvalue weighted by atomic mass is 16.2. The molecule has 0 atom stereocenters. The molecular weight excluding hydrogens is 228 g/mol. The molecule has 4 nitrogen and oxygen atoms in total. The van der Waals surface area contributed by atoms with E-state index in [1.807, 2.05) is 37.3 Å². The molecular formula is C14H20N2O2. The zero-order chi connectivity index (χ0) is 13.5. The number of carbonyl (C=O) groups excluding carboxylic acids is 2. The summed E-state index contributed by atoms with van der Waals surface area (Å²) in [5, 5.41) is 0. The molecule has 0 aliphatic heterocycles. The summed E-state index contributed by atoms with van der Waals surface area (Å²) in [5.74, 6) is -0.142. The highest BCUT2D eigenvalue weighted by Crippen LogP contribution is 2.11. The number of hydrogen-bond donors (Lipinski definition) is 0. The summed E-state index contributed by atoms with van der Waals surface area (Å²) in [5.41, 5.74) is 0.836. The van der Waals surface area contributed by atoms with Crippen molar-refractivity contribution in [1.29, 1.82) is 0 Å². The Hall–Kier alpha value is -1.84. The normalized spacial score (nSPS) is 9.94. The Morgan fingerprint density at radius 2 is 1.78 bits per heavy atom. The first-order valence-electron chi connectivity index (χ1n) is 6.13. The number of likely N-dealkylation sites (N-methyl/N-ethyl adjacent to an activating group) is 1. The Morgan fingerprint density at radius 3 is 2.28 bits per heavy atom. The number of para-hydroxylation sites is 1. The minimum atomic E-state index is -0.0788. The summed E-state index contributed by atoms with van der Waals surface area (Å²) in [4.78, 5) is 26.6. The fraction of sp³-hybridized carbons (Fsp3) is 0.429. The average molecular weight is 248 g/mol. The second-order valence-corrected chi connectivity index (χ2v) is 4.23. The summed E-state index contributed by atoms with van der Waals surface area (Å²) < 4.78 is 0. The molecule has 0 saturated heterocycles. The summed E-state index contributed by atoms with van der Waals surface area (Å²) in [6, 6.07) is 9.41. The van der Waals surface area contributed by atoms with Crippen molar-refractivity contribution in [2.75, 3.05) is 25.0 Å². The Labute approximate surface area is 108 Å². The van der Waals surface area contributed by atoms with Crippen LogP contribution in [0.3, 0.4) is 0 Å². The van der Waals surface area contributed by atoms with E-state index in [-0.39, 0.29) is 18.4 Å². The van der Waals surface area contributed by atoms with Gasteiger partial charge in [0.25, 0.3) is 0 Å². The third kappa shape index (κ3) is 3.87. The highest BCUT2D eigenvalue weighted by Gasteiger charge is 2.16. The van der Waals surface area contributed by atoms with Gasteiger partial charge in [0.2, 0.25) is 11.8 Å². The third-order valence-corrected chi connectivity index (χ3v) is 2.78. The molecule has 1 aromatic carbocycles. The molecule has 98 valence electrons. The first-order chi connectivity index (χ1) is 8.56. The number of amides is 2. The van der Waals surface area contributed by atoms with Gasteiger partial charge in [0.15, 0.2) is 0 Å². The fourth-order valence-corrected chi connectivity index (χ4v) is 1.68. The van der Waals surface area contributed by atoms with Gasteiger partial charge in [-0.3, -0.25) is 9.59 Å². The van der Waals surface area contributed by atoms with E-state index in [1.165, 1.54) is 6.92 Å². The van der Waals surface area contributed by atoms with Crippen LogP contribution in [-0.4, -0.2) is 36.9 Å². The molecule has 18 heavy (non-hydrogen) atoms. The molecule has 0 aliphatic rings. The Morgan fingerprint density at radius 1 is 1.17 bits per heavy atom. The van der Waals surface area contributed by atoms with Crippen LogP contribution in [0.15, 0.2) is 30.3 Å². The first kappa shape index (κ1) is 14.2. The van der Waals surface area contributed by atoms with Crippen LogP contribution in [-0.2, 0) is 9.59 Å². The molecule has 0 N–H and O–H groups in total. The number of anilines is 1. The van der Waals surface area contributed by atoms with Gasteiger partial charge < -0.3 is 9.80 Å². The van der Waals surface area contributed by atoms with Crippen LogP contribution in [0.2, 0.25) is 0 Å². The minimum Gasteiger partial charge on any atom is -0.334 e. The smallest absolute Gasteiger partial charge is 0.246 e. The molecule has 0 saturated carbocycles. The standard InChI is InChI=1S/C14H20N2O2/c1-4-10-16(12(2)17)11-14(18)15(3)13-8-6-5-7-9-13/h5-9H,4,10-11H2,1-3H3. The van der Waals surface area contributed by atoms with Crippen molar-refractivity contribution in [2.45, 2.75) is 20.3 Å². The predicted molar refractivity (Wildman–Crippen MR) is 72.4 cm³/mol. The predicted octanol–water partition coefficient (Wildman–Crippen LogP) is 1.91. The van der Waals surface area contributed by atoms with Crippen molar-refractivity contribution in [3.05, 3.63) is 30.3 Å². The summed E-state index contributed by atoms with van der Waals surface area (Å²) >= 11 is 0. The van der Waals surface area contributed by atoms with Gasteiger partial charge in [-0.15, -0.1) is 0 Å². The Balaban J connectivity index is 2.67. The number of hydrogen-bond acceptors (Lipinski definition) is 2. The highest BCUT2D eigenvalue weighted by molar-refractivity contribution is 5.95. The fourth-order valence-electron chi connectivity index (χ4n) is 1.68. The SMILES string of the molecule is CCCN(CC(=O)N(C)c1ccccc1)C(C)=O. The zero-order valence-electron chi connectivity index (χ0n) is 11.2. The minimum absolute atomic E-state index is 0.0633. The topological polar surface area (TPSA) is 40.6 Å². The van der Waals surface area contributed by atoms with Crippen molar-refractivity contribution in [1.82, 2.24) is 4.90 Å². The van der Waals surface area contributed by atoms with Crippen LogP contribution in [0.4, 0.5) is 5.69 Å². The quantitative estimate of drug-likeness (QED) is 0.798. The number of nitrogens with zero attached hydrogens (tertiary/aromatic N) is 2. The average Bonchev–Trinajstić information content (AvgIpc) is 2.38. The van der Waals surface area contributed by atoms with Crippen molar-refractivity contribution in [3.63, 3.8) is 0 Å². The van der Waals surface area contributed by atoms with E-state index in [9.17, 15) is 9.59 Å². The van der Waals surface area contributed by atoms with Crippen LogP contribution in [0, 0.1) is 0 Å². The van der Waals surface area contributed by atoms with Gasteiger partial charge in [-0.2, -0.15) is 0 Å². The van der Waals surface area contributed by atoms with Crippen LogP contribution in [0.1, 0.15) is 20.3 Å². The summed E-state index contributed by atoms with van der Waals surface area (Å²) in [7, 11) is 1.72. The van der Waals surface area contributed by atoms with Crippen molar-refractivity contribution in [2.24, 2.45) is 0 Å². The number of carbonyl (C=O) groups is 2. The lowest BCUT2D eigenvalue weighted by Crippen LogP contribution is -2.41. The van der Waals surface area contributed by atoms with Crippen LogP contribution < -0.4 is 4.90 Å². The van der Waals surface area contributed by atoms with E-state index < -0.39 is 0 Å². The van der Waals surface area contributed by atoms with E-state index in [4.69, 9.17) is 0 Å². The zero-order valence-corrected chi connectivity index (χ0v) is 11.2. The summed E-state index contributed by atoms with van der Waals surface area (Å²) in [6.45, 7) is 4.23. The lowest BCUT2D eigenvalue weighted by atomic mass is 10.3. The maximum atomic E-state index is 12.1. The molecule has 0 fully saturated rings. The molecule has 0 unspecified atom stereocenters. The second kappa shape index (κ2) is 6.79. The largest absolute Gasteiger partial charge is 0.334 e. The van der Waals surface area contributed by atoms with E-state index in [0.717, 1.165) is 12.1 Å². The molecule has 0 spiro atoms. The van der Waals surface area contributed by atoms with Gasteiger partial charge >= 0.3 is 0 Å². The van der Waals surface area contributed by atoms with Gasteiger partial charge in [-0.25, -0.2) is 0 Å². The van der Waals surface area contributed by atoms with Crippen LogP contribution in [0.5, 0.6) is 0 Å². The maximum Gasteiger partial charge on any atom is 0.246 e. The van der Waals surface area contributed by atoms with E-state index in [2.05, 4.69) is 0 Å². The van der Waals surface area contributed by atoms with Gasteiger partial charge in [-0.1, -0.05) is 25.1 Å². The Bertz CT molecular complexity index is 404. The van der Waals surface area contributed by atoms with Crippen molar-refractivity contribution >= 4 is 17.5 Å². The molecule has 1 rings (SSSR count). The number of rotatable bonds is 5. The Kier molecular flexibility index (Phi) is 5.36. The molecule has 0 bridgehead atoms. The van der Waals surface area contributed by atoms with Gasteiger partial charge in [0, 0.05) is 26.2 Å². The molecule has 0 aliphatic carbocycles. The van der Waals surface area contributed by atoms with E-state index >= 15 is 0 Å². The lowest BCUT2D eigenvalue weighted by Gasteiger charge is -2.24. The van der Waals surface area contributed by atoms with Crippen LogP contribution >= 0.6 is 0 Å². The van der Waals surface area contributed by atoms with Gasteiger partial charge in [0.05, 0.1) is 0 Å². The van der Waals surface area contributed by atoms with E-state index in [1.54, 1.807) is 16.8 Å². The molecule has 0 aromatic heterocycles. The van der Waals surface area contributed by atoms with Gasteiger partial charge in [-0.05, 0) is 18.6 Å². The number of benzene rings is 1. The monoisotopic (exact) mass is 248 g/mol. The maximum absolute atomic E-state index is 12.1. The molecule has 0 radical (unpaired) electrons. The third-order valence-electron chi connectivity index (χ3n) is 2.78. The van der Waals surface area contributed by atoms with Gasteiger partial charge in [0.1, 0.15) is 6.54 Å².